The number of hydrogen-bond donors (Lipinski definition) is 1. The standard InChI is InChI=1S/C9H7Cl2N3S/c1-5(10)4-14-8-7(13-9(14)15)2-6(11)3-12-8/h2-3H,1,4H2,(H,13,15). The second-order valence-corrected chi connectivity index (χ2v) is 4.42. The number of aromatic nitrogens is 3. The van der Waals surface area contributed by atoms with Crippen LogP contribution in [0.2, 0.25) is 5.02 Å². The van der Waals surface area contributed by atoms with Gasteiger partial charge in [-0.05, 0) is 18.3 Å². The fourth-order valence-corrected chi connectivity index (χ4v) is 1.87. The molecule has 0 amide bonds. The van der Waals surface area contributed by atoms with E-state index in [-0.39, 0.29) is 0 Å². The van der Waals surface area contributed by atoms with Crippen LogP contribution in [-0.4, -0.2) is 14.5 Å². The molecule has 3 nitrogen and oxygen atoms in total. The first-order valence-corrected chi connectivity index (χ1v) is 5.31. The smallest absolute Gasteiger partial charge is 0.179 e. The van der Waals surface area contributed by atoms with E-state index in [0.29, 0.717) is 21.4 Å². The van der Waals surface area contributed by atoms with E-state index in [1.807, 2.05) is 0 Å². The largest absolute Gasteiger partial charge is 0.329 e. The van der Waals surface area contributed by atoms with Gasteiger partial charge in [-0.2, -0.15) is 0 Å². The number of halogens is 2. The highest BCUT2D eigenvalue weighted by atomic mass is 35.5. The van der Waals surface area contributed by atoms with Crippen LogP contribution in [0.15, 0.2) is 23.9 Å². The minimum absolute atomic E-state index is 0.440. The van der Waals surface area contributed by atoms with Crippen molar-refractivity contribution in [2.75, 3.05) is 0 Å². The molecule has 78 valence electrons. The first-order valence-electron chi connectivity index (χ1n) is 4.15. The molecule has 0 bridgehead atoms. The maximum atomic E-state index is 5.82. The van der Waals surface area contributed by atoms with Crippen molar-refractivity contribution in [1.29, 1.82) is 0 Å². The van der Waals surface area contributed by atoms with E-state index >= 15 is 0 Å². The van der Waals surface area contributed by atoms with E-state index in [1.165, 1.54) is 0 Å². The molecule has 0 aromatic carbocycles. The van der Waals surface area contributed by atoms with Crippen LogP contribution in [0.3, 0.4) is 0 Å². The third kappa shape index (κ3) is 2.07. The summed E-state index contributed by atoms with van der Waals surface area (Å²) in [4.78, 5) is 7.19. The number of aromatic amines is 1. The summed E-state index contributed by atoms with van der Waals surface area (Å²) in [6.45, 7) is 4.07. The molecule has 0 spiro atoms. The zero-order valence-electron chi connectivity index (χ0n) is 7.63. The number of nitrogens with zero attached hydrogens (tertiary/aromatic N) is 2. The predicted octanol–water partition coefficient (Wildman–Crippen LogP) is 3.50. The molecule has 2 aromatic rings. The molecule has 1 N–H and O–H groups in total. The summed E-state index contributed by atoms with van der Waals surface area (Å²) in [5, 5.41) is 1.07. The van der Waals surface area contributed by atoms with Crippen molar-refractivity contribution in [3.8, 4) is 0 Å². The zero-order valence-corrected chi connectivity index (χ0v) is 9.96. The molecule has 2 heterocycles. The van der Waals surface area contributed by atoms with Gasteiger partial charge in [0.05, 0.1) is 17.1 Å². The van der Waals surface area contributed by atoms with Crippen LogP contribution in [-0.2, 0) is 6.54 Å². The van der Waals surface area contributed by atoms with Gasteiger partial charge in [0.1, 0.15) is 0 Å². The lowest BCUT2D eigenvalue weighted by molar-refractivity contribution is 0.814. The monoisotopic (exact) mass is 259 g/mol. The second kappa shape index (κ2) is 3.96. The highest BCUT2D eigenvalue weighted by molar-refractivity contribution is 7.71. The molecular formula is C9H7Cl2N3S. The third-order valence-electron chi connectivity index (χ3n) is 1.91. The predicted molar refractivity (Wildman–Crippen MR) is 64.9 cm³/mol. The Morgan fingerprint density at radius 1 is 1.67 bits per heavy atom. The van der Waals surface area contributed by atoms with Crippen molar-refractivity contribution in [1.82, 2.24) is 14.5 Å². The summed E-state index contributed by atoms with van der Waals surface area (Å²) in [6.07, 6.45) is 1.57. The Kier molecular flexibility index (Phi) is 2.82. The minimum atomic E-state index is 0.440. The van der Waals surface area contributed by atoms with Crippen LogP contribution in [0.4, 0.5) is 0 Å². The fraction of sp³-hybridized carbons (Fsp3) is 0.111. The van der Waals surface area contributed by atoms with Gasteiger partial charge in [0.25, 0.3) is 0 Å². The van der Waals surface area contributed by atoms with Gasteiger partial charge in [-0.1, -0.05) is 29.8 Å². The molecule has 0 saturated heterocycles. The van der Waals surface area contributed by atoms with Crippen molar-refractivity contribution in [3.63, 3.8) is 0 Å². The Morgan fingerprint density at radius 3 is 3.07 bits per heavy atom. The zero-order chi connectivity index (χ0) is 11.0. The first kappa shape index (κ1) is 10.7. The second-order valence-electron chi connectivity index (χ2n) is 3.06. The Hall–Kier alpha value is -0.840. The molecule has 0 aliphatic rings. The van der Waals surface area contributed by atoms with Gasteiger partial charge in [0.15, 0.2) is 10.4 Å². The maximum Gasteiger partial charge on any atom is 0.179 e. The number of pyridine rings is 1. The van der Waals surface area contributed by atoms with Crippen molar-refractivity contribution < 1.29 is 0 Å². The van der Waals surface area contributed by atoms with Crippen LogP contribution in [0.1, 0.15) is 0 Å². The van der Waals surface area contributed by atoms with E-state index in [0.717, 1.165) is 11.2 Å². The topological polar surface area (TPSA) is 33.6 Å². The van der Waals surface area contributed by atoms with Gasteiger partial charge in [0, 0.05) is 11.2 Å². The lowest BCUT2D eigenvalue weighted by Crippen LogP contribution is -1.98. The Labute approximate surface area is 101 Å². The molecular weight excluding hydrogens is 253 g/mol. The Morgan fingerprint density at radius 2 is 2.40 bits per heavy atom. The van der Waals surface area contributed by atoms with E-state index in [1.54, 1.807) is 16.8 Å². The quantitative estimate of drug-likeness (QED) is 0.838. The van der Waals surface area contributed by atoms with Gasteiger partial charge < -0.3 is 4.98 Å². The Bertz CT molecular complexity index is 585. The average Bonchev–Trinajstić information content (AvgIpc) is 2.41. The molecule has 0 saturated carbocycles. The molecule has 0 aliphatic heterocycles. The first-order chi connectivity index (χ1) is 7.08. The number of rotatable bonds is 2. The lowest BCUT2D eigenvalue weighted by Gasteiger charge is -2.00. The summed E-state index contributed by atoms with van der Waals surface area (Å²) < 4.78 is 2.33. The molecule has 0 fully saturated rings. The van der Waals surface area contributed by atoms with Crippen molar-refractivity contribution in [2.24, 2.45) is 0 Å². The molecule has 2 rings (SSSR count). The number of H-pyrrole nitrogens is 1. The number of imidazole rings is 1. The molecule has 0 aliphatic carbocycles. The summed E-state index contributed by atoms with van der Waals surface area (Å²) in [5.74, 6) is 0. The van der Waals surface area contributed by atoms with Crippen molar-refractivity contribution >= 4 is 46.6 Å². The molecule has 0 atom stereocenters. The molecule has 0 radical (unpaired) electrons. The highest BCUT2D eigenvalue weighted by Gasteiger charge is 2.06. The van der Waals surface area contributed by atoms with Crippen molar-refractivity contribution in [3.05, 3.63) is 33.7 Å². The van der Waals surface area contributed by atoms with Crippen LogP contribution in [0.25, 0.3) is 11.2 Å². The third-order valence-corrected chi connectivity index (χ3v) is 2.55. The minimum Gasteiger partial charge on any atom is -0.329 e. The number of allylic oxidation sites excluding steroid dienone is 1. The van der Waals surface area contributed by atoms with Crippen molar-refractivity contribution in [2.45, 2.75) is 6.54 Å². The summed E-state index contributed by atoms with van der Waals surface area (Å²) in [5.41, 5.74) is 1.52. The van der Waals surface area contributed by atoms with Gasteiger partial charge in [0.2, 0.25) is 0 Å². The average molecular weight is 260 g/mol. The fourth-order valence-electron chi connectivity index (χ4n) is 1.34. The van der Waals surface area contributed by atoms with Crippen LogP contribution in [0, 0.1) is 4.77 Å². The maximum absolute atomic E-state index is 5.82. The molecule has 6 heteroatoms. The van der Waals surface area contributed by atoms with E-state index in [4.69, 9.17) is 35.4 Å². The number of nitrogens with one attached hydrogen (secondary N) is 1. The normalized spacial score (nSPS) is 10.8. The molecule has 2 aromatic heterocycles. The highest BCUT2D eigenvalue weighted by Crippen LogP contribution is 2.17. The number of fused-ring (bicyclic) bond motifs is 1. The summed E-state index contributed by atoms with van der Waals surface area (Å²) in [7, 11) is 0. The van der Waals surface area contributed by atoms with Crippen LogP contribution >= 0.6 is 35.4 Å². The van der Waals surface area contributed by atoms with E-state index in [2.05, 4.69) is 16.5 Å². The van der Waals surface area contributed by atoms with Crippen LogP contribution < -0.4 is 0 Å². The van der Waals surface area contributed by atoms with Gasteiger partial charge in [-0.3, -0.25) is 4.57 Å². The summed E-state index contributed by atoms with van der Waals surface area (Å²) >= 11 is 16.7. The van der Waals surface area contributed by atoms with E-state index in [9.17, 15) is 0 Å². The Balaban J connectivity index is 2.68. The molecule has 0 unspecified atom stereocenters. The van der Waals surface area contributed by atoms with E-state index < -0.39 is 0 Å². The SMILES string of the molecule is C=C(Cl)Cn1c(=S)[nH]c2cc(Cl)cnc21. The van der Waals surface area contributed by atoms with Gasteiger partial charge in [-0.25, -0.2) is 4.98 Å². The lowest BCUT2D eigenvalue weighted by atomic mass is 10.4. The van der Waals surface area contributed by atoms with Gasteiger partial charge >= 0.3 is 0 Å². The van der Waals surface area contributed by atoms with Gasteiger partial charge in [-0.15, -0.1) is 0 Å². The summed E-state index contributed by atoms with van der Waals surface area (Å²) in [6, 6.07) is 1.77. The molecule has 15 heavy (non-hydrogen) atoms. The number of hydrogen-bond acceptors (Lipinski definition) is 2. The van der Waals surface area contributed by atoms with Crippen LogP contribution in [0.5, 0.6) is 0 Å².